The van der Waals surface area contributed by atoms with E-state index in [1.807, 2.05) is 0 Å². The molecule has 17 nitrogen and oxygen atoms in total. The van der Waals surface area contributed by atoms with E-state index in [0.717, 1.165) is 0 Å². The van der Waals surface area contributed by atoms with E-state index >= 15 is 0 Å². The van der Waals surface area contributed by atoms with Crippen molar-refractivity contribution in [2.45, 2.75) is 166 Å². The fourth-order valence-corrected chi connectivity index (χ4v) is 5.22. The average molecular weight is 717 g/mol. The van der Waals surface area contributed by atoms with Crippen LogP contribution in [0.2, 0.25) is 0 Å². The molecule has 0 aromatic rings. The molecule has 0 radical (unpaired) electrons. The third-order valence-corrected chi connectivity index (χ3v) is 7.31. The molecule has 1 saturated carbocycles. The Morgan fingerprint density at radius 1 is 0.740 bits per heavy atom. The van der Waals surface area contributed by atoms with E-state index in [0.29, 0.717) is 12.8 Å². The minimum atomic E-state index is -1.81. The van der Waals surface area contributed by atoms with E-state index in [1.54, 1.807) is 62.3 Å². The van der Waals surface area contributed by atoms with Crippen molar-refractivity contribution in [2.24, 2.45) is 0 Å². The first-order valence-electron chi connectivity index (χ1n) is 16.6. The summed E-state index contributed by atoms with van der Waals surface area (Å²) < 4.78 is 28.1. The molecule has 1 saturated heterocycles. The molecule has 4 unspecified atom stereocenters. The maximum atomic E-state index is 12.9. The highest BCUT2D eigenvalue weighted by Gasteiger charge is 2.52. The Morgan fingerprint density at radius 3 is 1.74 bits per heavy atom. The number of unbranched alkanes of at least 4 members (excludes halogenated alkanes) is 1. The predicted octanol–water partition coefficient (Wildman–Crippen LogP) is 0.543. The van der Waals surface area contributed by atoms with E-state index in [2.05, 4.69) is 27.2 Å². The summed E-state index contributed by atoms with van der Waals surface area (Å²) >= 11 is 0. The van der Waals surface area contributed by atoms with Gasteiger partial charge in [0.1, 0.15) is 59.5 Å². The molecule has 50 heavy (non-hydrogen) atoms. The van der Waals surface area contributed by atoms with E-state index in [4.69, 9.17) is 30.1 Å². The molecule has 8 N–H and O–H groups in total. The first-order chi connectivity index (χ1) is 22.9. The second-order valence-corrected chi connectivity index (χ2v) is 15.4. The van der Waals surface area contributed by atoms with Crippen LogP contribution < -0.4 is 21.3 Å². The van der Waals surface area contributed by atoms with Gasteiger partial charge in [-0.1, -0.05) is 0 Å². The lowest BCUT2D eigenvalue weighted by Gasteiger charge is -2.48. The monoisotopic (exact) mass is 716 g/mol. The number of terminal acetylenes is 1. The van der Waals surface area contributed by atoms with Gasteiger partial charge in [-0.15, -0.1) is 12.3 Å². The van der Waals surface area contributed by atoms with Gasteiger partial charge in [-0.05, 0) is 75.2 Å². The quantitative estimate of drug-likeness (QED) is 0.0876. The maximum Gasteiger partial charge on any atom is 0.408 e. The molecule has 1 aliphatic heterocycles. The maximum absolute atomic E-state index is 12.9. The van der Waals surface area contributed by atoms with Crippen LogP contribution in [-0.4, -0.2) is 129 Å². The van der Waals surface area contributed by atoms with E-state index in [9.17, 15) is 39.6 Å². The Balaban J connectivity index is 2.43. The summed E-state index contributed by atoms with van der Waals surface area (Å²) in [5.74, 6) is 2.04. The fraction of sp³-hybridized carbons (Fsp3) is 0.818. The fourth-order valence-electron chi connectivity index (χ4n) is 5.22. The molecule has 2 fully saturated rings. The third kappa shape index (κ3) is 14.1. The zero-order valence-electron chi connectivity index (χ0n) is 30.3. The van der Waals surface area contributed by atoms with Crippen LogP contribution >= 0.6 is 0 Å². The Bertz CT molecular complexity index is 1210. The molecule has 1 aliphatic carbocycles. The summed E-state index contributed by atoms with van der Waals surface area (Å²) in [4.78, 5) is 50.7. The highest BCUT2D eigenvalue weighted by molar-refractivity contribution is 5.75. The van der Waals surface area contributed by atoms with Crippen LogP contribution in [0.3, 0.4) is 0 Å². The van der Waals surface area contributed by atoms with Crippen LogP contribution in [0.1, 0.15) is 88.0 Å². The normalized spacial score (nSPS) is 30.2. The summed E-state index contributed by atoms with van der Waals surface area (Å²) in [6.07, 6.45) is -8.21. The van der Waals surface area contributed by atoms with Crippen LogP contribution in [-0.2, 0) is 28.5 Å². The van der Waals surface area contributed by atoms with Gasteiger partial charge in [0, 0.05) is 19.4 Å². The minimum Gasteiger partial charge on any atom is -0.444 e. The number of aliphatic hydroxyl groups is 4. The van der Waals surface area contributed by atoms with E-state index in [1.165, 1.54) is 0 Å². The lowest BCUT2D eigenvalue weighted by molar-refractivity contribution is -0.293. The van der Waals surface area contributed by atoms with Crippen molar-refractivity contribution in [1.82, 2.24) is 21.3 Å². The summed E-state index contributed by atoms with van der Waals surface area (Å²) in [6, 6.07) is -3.84. The first-order valence-corrected chi connectivity index (χ1v) is 16.6. The topological polar surface area (TPSA) is 243 Å². The minimum absolute atomic E-state index is 0.0982. The number of amides is 4. The van der Waals surface area contributed by atoms with Crippen molar-refractivity contribution >= 4 is 24.2 Å². The van der Waals surface area contributed by atoms with Gasteiger partial charge in [-0.3, -0.25) is 4.79 Å². The van der Waals surface area contributed by atoms with Crippen LogP contribution in [0, 0.1) is 12.3 Å². The van der Waals surface area contributed by atoms with Crippen molar-refractivity contribution in [2.75, 3.05) is 6.54 Å². The summed E-state index contributed by atoms with van der Waals surface area (Å²) in [7, 11) is 0. The number of carbonyl (C=O) groups is 4. The second kappa shape index (κ2) is 17.7. The summed E-state index contributed by atoms with van der Waals surface area (Å²) in [6.45, 7) is 14.4. The molecule has 0 aromatic carbocycles. The first kappa shape index (κ1) is 42.8. The smallest absolute Gasteiger partial charge is 0.408 e. The van der Waals surface area contributed by atoms with Crippen molar-refractivity contribution in [1.29, 1.82) is 0 Å². The predicted molar refractivity (Wildman–Crippen MR) is 177 cm³/mol. The molecule has 2 rings (SSSR count). The number of carbonyl (C=O) groups excluding carboxylic acids is 4. The highest BCUT2D eigenvalue weighted by atomic mass is 16.7. The molecular formula is C33H56N4O13. The van der Waals surface area contributed by atoms with Crippen molar-refractivity contribution in [3.63, 3.8) is 0 Å². The molecule has 0 bridgehead atoms. The van der Waals surface area contributed by atoms with Gasteiger partial charge in [-0.2, -0.15) is 0 Å². The Morgan fingerprint density at radius 2 is 1.24 bits per heavy atom. The summed E-state index contributed by atoms with van der Waals surface area (Å²) in [5.41, 5.74) is -2.75. The molecule has 286 valence electrons. The molecule has 1 heterocycles. The number of aliphatic hydroxyl groups excluding tert-OH is 4. The zero-order valence-corrected chi connectivity index (χ0v) is 30.3. The largest absolute Gasteiger partial charge is 0.444 e. The summed E-state index contributed by atoms with van der Waals surface area (Å²) in [5, 5.41) is 54.8. The molecule has 17 heteroatoms. The number of nitrogens with one attached hydrogen (secondary N) is 4. The standard InChI is InChI=1S/C33H56N4O13/c1-11-12-13-14-20(38)34-16-19-23(40)24(41)21(37-30(45)50-33(8,9)10)27(46-19)47-26-18(36-29(44)49-32(5,6)7)15-17(22(39)25(26)42)35-28(43)48-31(2,3)4/h1,17-19,21-27,39-42H,12-16H2,2-10H3,(H,34,38)(H,35,43)(H,36,44)(H,37,45)/t17-,18?,19?,21?,22?,23-,24+,25+,26-,27-/m0/s1. The van der Waals surface area contributed by atoms with E-state index < -0.39 is 102 Å². The van der Waals surface area contributed by atoms with Crippen molar-refractivity contribution in [3.8, 4) is 12.3 Å². The molecule has 0 aromatic heterocycles. The van der Waals surface area contributed by atoms with Gasteiger partial charge in [-0.25, -0.2) is 14.4 Å². The van der Waals surface area contributed by atoms with Gasteiger partial charge in [0.2, 0.25) is 5.91 Å². The SMILES string of the molecule is C#CCCCC(=O)NCC1O[C@@H](O[C@H]2C(NC(=O)OC(C)(C)C)C[C@H](NC(=O)OC(C)(C)C)C(O)[C@H]2O)C(NC(=O)OC(C)(C)C)[C@@H](O)[C@H]1O. The van der Waals surface area contributed by atoms with Crippen LogP contribution in [0.4, 0.5) is 14.4 Å². The number of ether oxygens (including phenoxy) is 5. The highest BCUT2D eigenvalue weighted by Crippen LogP contribution is 2.30. The molecule has 0 spiro atoms. The number of hydrogen-bond donors (Lipinski definition) is 8. The third-order valence-electron chi connectivity index (χ3n) is 7.31. The Kier molecular flexibility index (Phi) is 15.1. The lowest BCUT2D eigenvalue weighted by atomic mass is 9.83. The second-order valence-electron chi connectivity index (χ2n) is 15.4. The van der Waals surface area contributed by atoms with Crippen molar-refractivity contribution < 1.29 is 63.3 Å². The van der Waals surface area contributed by atoms with E-state index in [-0.39, 0.29) is 19.4 Å². The van der Waals surface area contributed by atoms with Gasteiger partial charge in [0.15, 0.2) is 6.29 Å². The van der Waals surface area contributed by atoms with Crippen molar-refractivity contribution in [3.05, 3.63) is 0 Å². The zero-order chi connectivity index (χ0) is 38.2. The van der Waals surface area contributed by atoms with Crippen LogP contribution in [0.25, 0.3) is 0 Å². The average Bonchev–Trinajstić information content (AvgIpc) is 2.93. The van der Waals surface area contributed by atoms with Gasteiger partial charge in [0.25, 0.3) is 0 Å². The van der Waals surface area contributed by atoms with Gasteiger partial charge >= 0.3 is 18.3 Å². The number of alkyl carbamates (subject to hydrolysis) is 3. The lowest BCUT2D eigenvalue weighted by Crippen LogP contribution is -2.70. The molecule has 10 atom stereocenters. The van der Waals surface area contributed by atoms with Gasteiger partial charge in [0.05, 0.1) is 12.1 Å². The number of rotatable bonds is 10. The molecular weight excluding hydrogens is 660 g/mol. The van der Waals surface area contributed by atoms with Crippen LogP contribution in [0.5, 0.6) is 0 Å². The van der Waals surface area contributed by atoms with Gasteiger partial charge < -0.3 is 65.4 Å². The Labute approximate surface area is 293 Å². The molecule has 4 amide bonds. The number of hydrogen-bond acceptors (Lipinski definition) is 13. The Hall–Kier alpha value is -3.40. The van der Waals surface area contributed by atoms with Crippen LogP contribution in [0.15, 0.2) is 0 Å². The molecule has 2 aliphatic rings.